The van der Waals surface area contributed by atoms with E-state index in [0.717, 1.165) is 11.3 Å². The molecule has 3 amide bonds. The highest BCUT2D eigenvalue weighted by Crippen LogP contribution is 2.28. The molecule has 9 heteroatoms. The normalized spacial score (nSPS) is 19.3. The first-order valence-corrected chi connectivity index (χ1v) is 9.09. The zero-order valence-electron chi connectivity index (χ0n) is 15.3. The van der Waals surface area contributed by atoms with Gasteiger partial charge in [0.05, 0.1) is 19.4 Å². The van der Waals surface area contributed by atoms with Gasteiger partial charge in [-0.15, -0.1) is 0 Å². The molecule has 1 atom stereocenters. The Balaban J connectivity index is 1.47. The first-order chi connectivity index (χ1) is 13.5. The van der Waals surface area contributed by atoms with Gasteiger partial charge in [-0.3, -0.25) is 14.6 Å². The molecule has 0 saturated carbocycles. The van der Waals surface area contributed by atoms with Crippen molar-refractivity contribution in [3.05, 3.63) is 71.1 Å². The van der Waals surface area contributed by atoms with Crippen LogP contribution in [0.4, 0.5) is 4.79 Å². The van der Waals surface area contributed by atoms with Gasteiger partial charge in [0, 0.05) is 30.6 Å². The Morgan fingerprint density at radius 2 is 2.11 bits per heavy atom. The molecule has 0 fully saturated rings. The monoisotopic (exact) mass is 402 g/mol. The van der Waals surface area contributed by atoms with E-state index in [1.807, 2.05) is 30.4 Å². The Labute approximate surface area is 167 Å². The second-order valence-corrected chi connectivity index (χ2v) is 6.50. The molecule has 3 rings (SSSR count). The molecule has 0 aromatic heterocycles. The maximum Gasteiger partial charge on any atom is 0.476 e. The number of hydrogen-bond acceptors (Lipinski definition) is 5. The van der Waals surface area contributed by atoms with E-state index in [1.54, 1.807) is 30.6 Å². The molecule has 28 heavy (non-hydrogen) atoms. The van der Waals surface area contributed by atoms with Gasteiger partial charge in [-0.2, -0.15) is 5.48 Å². The van der Waals surface area contributed by atoms with Gasteiger partial charge < -0.3 is 0 Å². The molecule has 1 unspecified atom stereocenters. The second-order valence-electron chi connectivity index (χ2n) is 6.09. The first kappa shape index (κ1) is 20.0. The topological polar surface area (TPSA) is 83.0 Å². The summed E-state index contributed by atoms with van der Waals surface area (Å²) in [6.45, 7) is 2.17. The lowest BCUT2D eigenvalue weighted by molar-refractivity contribution is -0.760. The predicted molar refractivity (Wildman–Crippen MR) is 105 cm³/mol. The van der Waals surface area contributed by atoms with E-state index in [-0.39, 0.29) is 23.7 Å². The van der Waals surface area contributed by atoms with E-state index in [9.17, 15) is 9.59 Å². The smallest absolute Gasteiger partial charge is 0.276 e. The van der Waals surface area contributed by atoms with Crippen LogP contribution in [0.3, 0.4) is 0 Å². The van der Waals surface area contributed by atoms with E-state index in [0.29, 0.717) is 11.6 Å². The molecule has 2 N–H and O–H groups in total. The number of nitrogens with one attached hydrogen (secondary N) is 2. The summed E-state index contributed by atoms with van der Waals surface area (Å²) in [5.74, 6) is -0.178. The number of fused-ring (bicyclic) bond motifs is 1. The van der Waals surface area contributed by atoms with Crippen molar-refractivity contribution < 1.29 is 19.0 Å². The van der Waals surface area contributed by atoms with Crippen molar-refractivity contribution in [2.75, 3.05) is 13.2 Å². The molecule has 2 heterocycles. The SMILES string of the molecule is CC(=O)N(CCONC(=O)[N+]12C=CC=CC1=CC=N2)NCc1ccccc1Cl. The maximum atomic E-state index is 12.5. The van der Waals surface area contributed by atoms with Crippen LogP contribution in [-0.4, -0.2) is 40.9 Å². The standard InChI is InChI=1S/C19H20ClN5O3/c1-15(26)24(21-14-16-6-2-3-8-18(16)20)11-13-28-23-19(27)25-12-5-4-7-17(25)9-10-22-25/h2-10,12,21H,11,13-14H2,1H3/p+1. The van der Waals surface area contributed by atoms with Gasteiger partial charge in [-0.25, -0.2) is 10.2 Å². The average molecular weight is 403 g/mol. The minimum absolute atomic E-state index is 0.100. The molecule has 8 nitrogen and oxygen atoms in total. The van der Waals surface area contributed by atoms with Crippen LogP contribution < -0.4 is 10.9 Å². The van der Waals surface area contributed by atoms with E-state index in [2.05, 4.69) is 16.0 Å². The number of hydrazine groups is 1. The van der Waals surface area contributed by atoms with Gasteiger partial charge in [-0.05, 0) is 17.7 Å². The Hall–Kier alpha value is -2.78. The third-order valence-electron chi connectivity index (χ3n) is 4.25. The highest BCUT2D eigenvalue weighted by atomic mass is 35.5. The molecular formula is C19H21ClN5O3+. The molecular weight excluding hydrogens is 382 g/mol. The Bertz CT molecular complexity index is 880. The minimum Gasteiger partial charge on any atom is -0.276 e. The number of amides is 3. The zero-order valence-corrected chi connectivity index (χ0v) is 16.1. The second kappa shape index (κ2) is 8.94. The van der Waals surface area contributed by atoms with Gasteiger partial charge in [0.2, 0.25) is 5.91 Å². The van der Waals surface area contributed by atoms with Crippen molar-refractivity contribution in [2.45, 2.75) is 13.5 Å². The molecule has 2 aliphatic rings. The number of nitrogens with zero attached hydrogens (tertiary/aromatic N) is 3. The number of hydroxylamine groups is 1. The molecule has 2 aliphatic heterocycles. The van der Waals surface area contributed by atoms with Gasteiger partial charge in [0.1, 0.15) is 6.20 Å². The lowest BCUT2D eigenvalue weighted by atomic mass is 10.2. The number of rotatable bonds is 7. The molecule has 0 aliphatic carbocycles. The number of carbonyl (C=O) groups excluding carboxylic acids is 2. The van der Waals surface area contributed by atoms with Crippen molar-refractivity contribution in [3.63, 3.8) is 0 Å². The Kier molecular flexibility index (Phi) is 6.37. The molecule has 1 aromatic rings. The highest BCUT2D eigenvalue weighted by molar-refractivity contribution is 6.31. The summed E-state index contributed by atoms with van der Waals surface area (Å²) >= 11 is 6.12. The predicted octanol–water partition coefficient (Wildman–Crippen LogP) is 2.62. The number of benzene rings is 1. The largest absolute Gasteiger partial charge is 0.476 e. The van der Waals surface area contributed by atoms with E-state index >= 15 is 0 Å². The van der Waals surface area contributed by atoms with Crippen LogP contribution in [-0.2, 0) is 16.2 Å². The lowest BCUT2D eigenvalue weighted by Gasteiger charge is -2.25. The van der Waals surface area contributed by atoms with E-state index in [4.69, 9.17) is 16.4 Å². The van der Waals surface area contributed by atoms with Crippen LogP contribution in [0.5, 0.6) is 0 Å². The van der Waals surface area contributed by atoms with Crippen LogP contribution in [0, 0.1) is 0 Å². The number of carbonyl (C=O) groups is 2. The first-order valence-electron chi connectivity index (χ1n) is 8.71. The fourth-order valence-electron chi connectivity index (χ4n) is 2.74. The number of urea groups is 1. The van der Waals surface area contributed by atoms with Gasteiger partial charge in [0.25, 0.3) is 0 Å². The number of halogens is 1. The number of allylic oxidation sites excluding steroid dienone is 4. The Morgan fingerprint density at radius 3 is 2.89 bits per heavy atom. The van der Waals surface area contributed by atoms with Crippen molar-refractivity contribution in [2.24, 2.45) is 5.10 Å². The molecule has 0 bridgehead atoms. The summed E-state index contributed by atoms with van der Waals surface area (Å²) in [6, 6.07) is 6.94. The summed E-state index contributed by atoms with van der Waals surface area (Å²) in [7, 11) is 0. The highest BCUT2D eigenvalue weighted by Gasteiger charge is 2.43. The van der Waals surface area contributed by atoms with Crippen molar-refractivity contribution in [3.8, 4) is 0 Å². The minimum atomic E-state index is -0.445. The fourth-order valence-corrected chi connectivity index (χ4v) is 2.95. The van der Waals surface area contributed by atoms with E-state index < -0.39 is 6.03 Å². The molecule has 1 aromatic carbocycles. The summed E-state index contributed by atoms with van der Waals surface area (Å²) in [5.41, 5.74) is 7.00. The number of quaternary nitrogens is 1. The van der Waals surface area contributed by atoms with E-state index in [1.165, 1.54) is 11.9 Å². The van der Waals surface area contributed by atoms with Gasteiger partial charge in [0.15, 0.2) is 5.70 Å². The van der Waals surface area contributed by atoms with Crippen LogP contribution in [0.2, 0.25) is 5.02 Å². The Morgan fingerprint density at radius 1 is 1.29 bits per heavy atom. The van der Waals surface area contributed by atoms with Crippen LogP contribution >= 0.6 is 11.6 Å². The van der Waals surface area contributed by atoms with Gasteiger partial charge in [-0.1, -0.05) is 45.6 Å². The third-order valence-corrected chi connectivity index (χ3v) is 4.62. The van der Waals surface area contributed by atoms with Crippen LogP contribution in [0.1, 0.15) is 12.5 Å². The van der Waals surface area contributed by atoms with Crippen LogP contribution in [0.15, 0.2) is 65.6 Å². The summed E-state index contributed by atoms with van der Waals surface area (Å²) in [4.78, 5) is 29.6. The third kappa shape index (κ3) is 4.37. The fraction of sp³-hybridized carbons (Fsp3) is 0.211. The average Bonchev–Trinajstić information content (AvgIpc) is 3.13. The van der Waals surface area contributed by atoms with Crippen molar-refractivity contribution in [1.29, 1.82) is 0 Å². The molecule has 0 radical (unpaired) electrons. The lowest BCUT2D eigenvalue weighted by Crippen LogP contribution is -2.49. The van der Waals surface area contributed by atoms with Crippen molar-refractivity contribution >= 4 is 29.8 Å². The maximum absolute atomic E-state index is 12.5. The number of hydrogen-bond donors (Lipinski definition) is 2. The summed E-state index contributed by atoms with van der Waals surface area (Å²) in [5, 5.41) is 6.23. The molecule has 0 spiro atoms. The molecule has 0 saturated heterocycles. The summed E-state index contributed by atoms with van der Waals surface area (Å²) in [6.07, 6.45) is 10.4. The summed E-state index contributed by atoms with van der Waals surface area (Å²) < 4.78 is -0.322. The zero-order chi connectivity index (χ0) is 20.0. The van der Waals surface area contributed by atoms with Crippen LogP contribution in [0.25, 0.3) is 0 Å². The molecule has 146 valence electrons. The van der Waals surface area contributed by atoms with Gasteiger partial charge >= 0.3 is 6.03 Å². The quantitative estimate of drug-likeness (QED) is 0.417. The van der Waals surface area contributed by atoms with Crippen molar-refractivity contribution in [1.82, 2.24) is 15.9 Å².